The number of hydrogen-bond acceptors (Lipinski definition) is 2. The Labute approximate surface area is 136 Å². The number of halogens is 1. The zero-order chi connectivity index (χ0) is 15.4. The molecule has 0 spiro atoms. The lowest BCUT2D eigenvalue weighted by molar-refractivity contribution is -0.134. The van der Waals surface area contributed by atoms with Gasteiger partial charge in [0.15, 0.2) is 0 Å². The molecule has 1 aliphatic carbocycles. The maximum atomic E-state index is 12.6. The molecule has 0 radical (unpaired) electrons. The van der Waals surface area contributed by atoms with Crippen LogP contribution in [-0.2, 0) is 11.3 Å². The van der Waals surface area contributed by atoms with Gasteiger partial charge in [0, 0.05) is 29.5 Å². The van der Waals surface area contributed by atoms with E-state index >= 15 is 0 Å². The number of hydrogen-bond donors (Lipinski definition) is 1. The summed E-state index contributed by atoms with van der Waals surface area (Å²) in [7, 11) is 0. The number of nitrogens with zero attached hydrogens (tertiary/aromatic N) is 1. The van der Waals surface area contributed by atoms with Crippen molar-refractivity contribution in [2.24, 2.45) is 11.7 Å². The van der Waals surface area contributed by atoms with Gasteiger partial charge in [0.1, 0.15) is 0 Å². The maximum absolute atomic E-state index is 12.6. The maximum Gasteiger partial charge on any atom is 0.223 e. The van der Waals surface area contributed by atoms with E-state index in [9.17, 15) is 4.79 Å². The van der Waals surface area contributed by atoms with Crippen molar-refractivity contribution in [2.45, 2.75) is 58.2 Å². The van der Waals surface area contributed by atoms with Crippen molar-refractivity contribution in [1.82, 2.24) is 4.90 Å². The molecule has 1 fully saturated rings. The third-order valence-corrected chi connectivity index (χ3v) is 4.83. The van der Waals surface area contributed by atoms with Crippen molar-refractivity contribution >= 4 is 21.8 Å². The van der Waals surface area contributed by atoms with Crippen LogP contribution in [0.15, 0.2) is 28.7 Å². The molecule has 0 aliphatic heterocycles. The van der Waals surface area contributed by atoms with Crippen LogP contribution in [0.25, 0.3) is 0 Å². The van der Waals surface area contributed by atoms with E-state index in [1.807, 2.05) is 17.0 Å². The Bertz CT molecular complexity index is 489. The van der Waals surface area contributed by atoms with Crippen LogP contribution in [0.1, 0.15) is 45.1 Å². The van der Waals surface area contributed by atoms with Gasteiger partial charge in [-0.05, 0) is 50.3 Å². The third-order valence-electron chi connectivity index (χ3n) is 4.34. The highest BCUT2D eigenvalue weighted by Crippen LogP contribution is 2.28. The van der Waals surface area contributed by atoms with Gasteiger partial charge >= 0.3 is 0 Å². The van der Waals surface area contributed by atoms with Crippen molar-refractivity contribution < 1.29 is 4.79 Å². The Hall–Kier alpha value is -0.870. The number of amides is 1. The molecule has 0 bridgehead atoms. The molecule has 1 saturated carbocycles. The minimum Gasteiger partial charge on any atom is -0.336 e. The molecule has 0 saturated heterocycles. The average molecular weight is 353 g/mol. The summed E-state index contributed by atoms with van der Waals surface area (Å²) in [6.45, 7) is 4.81. The summed E-state index contributed by atoms with van der Waals surface area (Å²) in [4.78, 5) is 14.6. The molecule has 116 valence electrons. The monoisotopic (exact) mass is 352 g/mol. The van der Waals surface area contributed by atoms with Gasteiger partial charge in [-0.3, -0.25) is 4.79 Å². The largest absolute Gasteiger partial charge is 0.336 e. The molecular weight excluding hydrogens is 328 g/mol. The van der Waals surface area contributed by atoms with Crippen molar-refractivity contribution in [3.8, 4) is 0 Å². The zero-order valence-corrected chi connectivity index (χ0v) is 14.5. The lowest BCUT2D eigenvalue weighted by Gasteiger charge is -2.29. The summed E-state index contributed by atoms with van der Waals surface area (Å²) in [6.07, 6.45) is 3.90. The van der Waals surface area contributed by atoms with Gasteiger partial charge in [0.2, 0.25) is 5.91 Å². The van der Waals surface area contributed by atoms with Crippen molar-refractivity contribution in [3.05, 3.63) is 34.3 Å². The van der Waals surface area contributed by atoms with E-state index in [0.29, 0.717) is 18.9 Å². The molecule has 0 heterocycles. The van der Waals surface area contributed by atoms with E-state index in [0.717, 1.165) is 29.3 Å². The topological polar surface area (TPSA) is 46.3 Å². The van der Waals surface area contributed by atoms with Gasteiger partial charge in [0.05, 0.1) is 0 Å². The normalized spacial score (nSPS) is 21.8. The highest BCUT2D eigenvalue weighted by molar-refractivity contribution is 9.10. The molecule has 21 heavy (non-hydrogen) atoms. The Morgan fingerprint density at radius 3 is 2.76 bits per heavy atom. The molecule has 4 heteroatoms. The zero-order valence-electron chi connectivity index (χ0n) is 12.9. The molecule has 3 nitrogen and oxygen atoms in total. The van der Waals surface area contributed by atoms with Crippen LogP contribution in [-0.4, -0.2) is 22.9 Å². The quantitative estimate of drug-likeness (QED) is 0.877. The molecule has 2 N–H and O–H groups in total. The smallest absolute Gasteiger partial charge is 0.223 e. The molecule has 2 rings (SSSR count). The van der Waals surface area contributed by atoms with Crippen LogP contribution in [0.4, 0.5) is 0 Å². The lowest BCUT2D eigenvalue weighted by Crippen LogP contribution is -2.39. The van der Waals surface area contributed by atoms with Crippen LogP contribution < -0.4 is 5.73 Å². The first kappa shape index (κ1) is 16.5. The summed E-state index contributed by atoms with van der Waals surface area (Å²) in [5, 5.41) is 0. The standard InChI is InChI=1S/C17H25BrN2O/c1-12(2)20(11-13-5-3-7-15(18)9-13)17(21)10-14-6-4-8-16(14)19/h3,5,7,9,12,14,16H,4,6,8,10-11,19H2,1-2H3/t14-,16+/m0/s1. The predicted molar refractivity (Wildman–Crippen MR) is 89.8 cm³/mol. The van der Waals surface area contributed by atoms with E-state index in [-0.39, 0.29) is 18.0 Å². The van der Waals surface area contributed by atoms with Crippen molar-refractivity contribution in [2.75, 3.05) is 0 Å². The van der Waals surface area contributed by atoms with Crippen LogP contribution in [0.5, 0.6) is 0 Å². The van der Waals surface area contributed by atoms with E-state index in [1.165, 1.54) is 0 Å². The number of carbonyl (C=O) groups excluding carboxylic acids is 1. The van der Waals surface area contributed by atoms with Crippen LogP contribution in [0.2, 0.25) is 0 Å². The summed E-state index contributed by atoms with van der Waals surface area (Å²) in [6, 6.07) is 8.55. The fraction of sp³-hybridized carbons (Fsp3) is 0.588. The van der Waals surface area contributed by atoms with Gasteiger partial charge in [-0.2, -0.15) is 0 Å². The fourth-order valence-corrected chi connectivity index (χ4v) is 3.50. The van der Waals surface area contributed by atoms with Crippen LogP contribution in [0.3, 0.4) is 0 Å². The third kappa shape index (κ3) is 4.55. The Kier molecular flexibility index (Phi) is 5.82. The number of nitrogens with two attached hydrogens (primary N) is 1. The van der Waals surface area contributed by atoms with Crippen molar-refractivity contribution in [3.63, 3.8) is 0 Å². The average Bonchev–Trinajstić information content (AvgIpc) is 2.81. The van der Waals surface area contributed by atoms with E-state index < -0.39 is 0 Å². The van der Waals surface area contributed by atoms with Crippen molar-refractivity contribution in [1.29, 1.82) is 0 Å². The van der Waals surface area contributed by atoms with Crippen LogP contribution >= 0.6 is 15.9 Å². The van der Waals surface area contributed by atoms with Gasteiger partial charge < -0.3 is 10.6 Å². The van der Waals surface area contributed by atoms with Gasteiger partial charge in [-0.15, -0.1) is 0 Å². The Morgan fingerprint density at radius 1 is 1.43 bits per heavy atom. The van der Waals surface area contributed by atoms with E-state index in [4.69, 9.17) is 5.73 Å². The highest BCUT2D eigenvalue weighted by Gasteiger charge is 2.28. The first-order valence-corrected chi connectivity index (χ1v) is 8.56. The molecule has 1 amide bonds. The molecular formula is C17H25BrN2O. The van der Waals surface area contributed by atoms with E-state index in [2.05, 4.69) is 41.9 Å². The summed E-state index contributed by atoms with van der Waals surface area (Å²) in [5.74, 6) is 0.591. The number of benzene rings is 1. The molecule has 1 aromatic rings. The first-order valence-electron chi connectivity index (χ1n) is 7.77. The first-order chi connectivity index (χ1) is 9.97. The summed E-state index contributed by atoms with van der Waals surface area (Å²) in [5.41, 5.74) is 7.25. The molecule has 0 aromatic heterocycles. The second-order valence-corrected chi connectivity index (χ2v) is 7.22. The van der Waals surface area contributed by atoms with E-state index in [1.54, 1.807) is 0 Å². The summed E-state index contributed by atoms with van der Waals surface area (Å²) >= 11 is 3.48. The Morgan fingerprint density at radius 2 is 2.19 bits per heavy atom. The number of carbonyl (C=O) groups is 1. The van der Waals surface area contributed by atoms with Gasteiger partial charge in [-0.1, -0.05) is 34.5 Å². The highest BCUT2D eigenvalue weighted by atomic mass is 79.9. The molecule has 1 aromatic carbocycles. The fourth-order valence-electron chi connectivity index (χ4n) is 3.05. The Balaban J connectivity index is 2.02. The van der Waals surface area contributed by atoms with Crippen LogP contribution in [0, 0.1) is 5.92 Å². The summed E-state index contributed by atoms with van der Waals surface area (Å²) < 4.78 is 1.05. The SMILES string of the molecule is CC(C)N(Cc1cccc(Br)c1)C(=O)C[C@@H]1CCC[C@H]1N. The van der Waals surface area contributed by atoms with Gasteiger partial charge in [0.25, 0.3) is 0 Å². The number of rotatable bonds is 5. The molecule has 1 aliphatic rings. The second kappa shape index (κ2) is 7.41. The predicted octanol–water partition coefficient (Wildman–Crippen LogP) is 3.70. The molecule has 2 atom stereocenters. The lowest BCUT2D eigenvalue weighted by atomic mass is 9.99. The second-order valence-electron chi connectivity index (χ2n) is 6.30. The minimum atomic E-state index is 0.203. The van der Waals surface area contributed by atoms with Gasteiger partial charge in [-0.25, -0.2) is 0 Å². The molecule has 0 unspecified atom stereocenters. The minimum absolute atomic E-state index is 0.203.